The van der Waals surface area contributed by atoms with Crippen molar-refractivity contribution in [3.63, 3.8) is 0 Å². The first-order valence-electron chi connectivity index (χ1n) is 16.7. The highest BCUT2D eigenvalue weighted by Crippen LogP contribution is 2.41. The van der Waals surface area contributed by atoms with Crippen LogP contribution < -0.4 is 0 Å². The van der Waals surface area contributed by atoms with Gasteiger partial charge < -0.3 is 0 Å². The van der Waals surface area contributed by atoms with Crippen molar-refractivity contribution in [2.45, 2.75) is 0 Å². The minimum absolute atomic E-state index is 0.664. The molecule has 49 heavy (non-hydrogen) atoms. The maximum atomic E-state index is 5.41. The van der Waals surface area contributed by atoms with Crippen LogP contribution in [0.15, 0.2) is 176 Å². The number of fused-ring (bicyclic) bond motifs is 8. The minimum Gasteiger partial charge on any atom is -0.278 e. The molecule has 0 aliphatic rings. The van der Waals surface area contributed by atoms with E-state index in [1.165, 1.54) is 49.0 Å². The number of rotatable bonds is 4. The van der Waals surface area contributed by atoms with Crippen LogP contribution in [0, 0.1) is 0 Å². The molecule has 10 aromatic rings. The van der Waals surface area contributed by atoms with Gasteiger partial charge in [0.1, 0.15) is 0 Å². The third kappa shape index (κ3) is 4.44. The Labute approximate surface area is 283 Å². The fourth-order valence-corrected chi connectivity index (χ4v) is 7.48. The Hall–Kier alpha value is -6.58. The van der Waals surface area contributed by atoms with E-state index in [1.54, 1.807) is 0 Å². The van der Waals surface area contributed by atoms with E-state index in [0.29, 0.717) is 5.95 Å². The van der Waals surface area contributed by atoms with Crippen LogP contribution in [0.2, 0.25) is 0 Å². The Bertz CT molecular complexity index is 2770. The highest BCUT2D eigenvalue weighted by Gasteiger charge is 2.20. The molecule has 2 aromatic heterocycles. The number of aromatic nitrogens is 3. The number of hydrogen-bond donors (Lipinski definition) is 0. The Balaban J connectivity index is 1.20. The van der Waals surface area contributed by atoms with Gasteiger partial charge in [0.25, 0.3) is 0 Å². The molecule has 0 radical (unpaired) electrons. The predicted octanol–water partition coefficient (Wildman–Crippen LogP) is 12.0. The SMILES string of the molecule is c1ccc(-c2ccc(-c3cccc(-c4nc(-n5c6ccc7ccccc7c6c6c7ccccc7ccc65)nc5ccccc45)c3)cc2)cc1. The first-order valence-corrected chi connectivity index (χ1v) is 16.7. The number of hydrogen-bond acceptors (Lipinski definition) is 2. The lowest BCUT2D eigenvalue weighted by Crippen LogP contribution is -2.03. The zero-order valence-electron chi connectivity index (χ0n) is 26.6. The molecule has 0 amide bonds. The van der Waals surface area contributed by atoms with E-state index < -0.39 is 0 Å². The smallest absolute Gasteiger partial charge is 0.235 e. The van der Waals surface area contributed by atoms with Crippen LogP contribution in [0.4, 0.5) is 0 Å². The Kier molecular flexibility index (Phi) is 6.18. The zero-order valence-corrected chi connectivity index (χ0v) is 26.6. The molecule has 2 heterocycles. The van der Waals surface area contributed by atoms with Crippen molar-refractivity contribution in [2.24, 2.45) is 0 Å². The van der Waals surface area contributed by atoms with E-state index in [0.717, 1.165) is 38.8 Å². The van der Waals surface area contributed by atoms with E-state index in [1.807, 2.05) is 0 Å². The summed E-state index contributed by atoms with van der Waals surface area (Å²) in [5.41, 5.74) is 9.82. The van der Waals surface area contributed by atoms with Crippen LogP contribution in [0.1, 0.15) is 0 Å². The molecule has 0 fully saturated rings. The quantitative estimate of drug-likeness (QED) is 0.195. The largest absolute Gasteiger partial charge is 0.278 e. The van der Waals surface area contributed by atoms with Crippen LogP contribution in [0.25, 0.3) is 93.7 Å². The van der Waals surface area contributed by atoms with Crippen molar-refractivity contribution in [1.29, 1.82) is 0 Å². The molecule has 0 saturated heterocycles. The van der Waals surface area contributed by atoms with Gasteiger partial charge in [0.15, 0.2) is 0 Å². The fourth-order valence-electron chi connectivity index (χ4n) is 7.48. The molecular formula is C46H29N3. The van der Waals surface area contributed by atoms with E-state index in [4.69, 9.17) is 9.97 Å². The molecule has 0 unspecified atom stereocenters. The van der Waals surface area contributed by atoms with E-state index in [9.17, 15) is 0 Å². The summed E-state index contributed by atoms with van der Waals surface area (Å²) in [5.74, 6) is 0.664. The average molecular weight is 624 g/mol. The number of nitrogens with zero attached hydrogens (tertiary/aromatic N) is 3. The predicted molar refractivity (Wildman–Crippen MR) is 205 cm³/mol. The van der Waals surface area contributed by atoms with Gasteiger partial charge in [0, 0.05) is 21.7 Å². The van der Waals surface area contributed by atoms with Crippen molar-refractivity contribution in [1.82, 2.24) is 14.5 Å². The molecule has 3 heteroatoms. The maximum absolute atomic E-state index is 5.41. The van der Waals surface area contributed by atoms with Crippen LogP contribution >= 0.6 is 0 Å². The maximum Gasteiger partial charge on any atom is 0.235 e. The average Bonchev–Trinajstić information content (AvgIpc) is 3.53. The van der Waals surface area contributed by atoms with Crippen molar-refractivity contribution >= 4 is 54.3 Å². The summed E-state index contributed by atoms with van der Waals surface area (Å²) in [6, 6.07) is 62.6. The summed E-state index contributed by atoms with van der Waals surface area (Å²) < 4.78 is 2.26. The van der Waals surface area contributed by atoms with Crippen molar-refractivity contribution in [2.75, 3.05) is 0 Å². The van der Waals surface area contributed by atoms with Gasteiger partial charge >= 0.3 is 0 Å². The lowest BCUT2D eigenvalue weighted by Gasteiger charge is -2.13. The van der Waals surface area contributed by atoms with Gasteiger partial charge in [-0.1, -0.05) is 152 Å². The van der Waals surface area contributed by atoms with Gasteiger partial charge in [-0.3, -0.25) is 4.57 Å². The Morgan fingerprint density at radius 2 is 0.857 bits per heavy atom. The van der Waals surface area contributed by atoms with Gasteiger partial charge in [0.2, 0.25) is 5.95 Å². The van der Waals surface area contributed by atoms with Crippen LogP contribution in [-0.4, -0.2) is 14.5 Å². The molecule has 0 saturated carbocycles. The van der Waals surface area contributed by atoms with Crippen LogP contribution in [0.3, 0.4) is 0 Å². The molecule has 0 aliphatic carbocycles. The second-order valence-electron chi connectivity index (χ2n) is 12.6. The molecule has 0 aliphatic heterocycles. The fraction of sp³-hybridized carbons (Fsp3) is 0. The van der Waals surface area contributed by atoms with E-state index in [2.05, 4.69) is 180 Å². The zero-order chi connectivity index (χ0) is 32.3. The van der Waals surface area contributed by atoms with Gasteiger partial charge in [-0.25, -0.2) is 9.97 Å². The molecule has 8 aromatic carbocycles. The van der Waals surface area contributed by atoms with Crippen LogP contribution in [0.5, 0.6) is 0 Å². The Morgan fingerprint density at radius 1 is 0.347 bits per heavy atom. The monoisotopic (exact) mass is 623 g/mol. The molecule has 228 valence electrons. The first-order chi connectivity index (χ1) is 24.3. The third-order valence-electron chi connectivity index (χ3n) is 9.80. The highest BCUT2D eigenvalue weighted by atomic mass is 15.2. The standard InChI is InChI=1S/C46H29N3/c1-2-11-30(12-3-1)31-21-23-32(24-22-31)35-15-10-16-36(29-35)45-39-19-8-9-20-40(39)47-46(48-45)49-41-27-25-33-13-4-6-17-37(33)43(41)44-38-18-7-5-14-34(38)26-28-42(44)49/h1-29H. The van der Waals surface area contributed by atoms with Crippen molar-refractivity contribution < 1.29 is 0 Å². The first kappa shape index (κ1) is 27.5. The van der Waals surface area contributed by atoms with E-state index >= 15 is 0 Å². The van der Waals surface area contributed by atoms with Gasteiger partial charge in [-0.2, -0.15) is 0 Å². The molecule has 0 spiro atoms. The van der Waals surface area contributed by atoms with Gasteiger partial charge in [-0.15, -0.1) is 0 Å². The summed E-state index contributed by atoms with van der Waals surface area (Å²) in [5, 5.41) is 8.37. The Morgan fingerprint density at radius 3 is 1.53 bits per heavy atom. The summed E-state index contributed by atoms with van der Waals surface area (Å²) >= 11 is 0. The minimum atomic E-state index is 0.664. The summed E-state index contributed by atoms with van der Waals surface area (Å²) in [7, 11) is 0. The number of benzene rings is 8. The topological polar surface area (TPSA) is 30.7 Å². The molecule has 0 bridgehead atoms. The lowest BCUT2D eigenvalue weighted by atomic mass is 9.97. The second kappa shape index (κ2) is 11.0. The van der Waals surface area contributed by atoms with Crippen LogP contribution in [-0.2, 0) is 0 Å². The van der Waals surface area contributed by atoms with Crippen molar-refractivity contribution in [3.05, 3.63) is 176 Å². The molecule has 3 nitrogen and oxygen atoms in total. The third-order valence-corrected chi connectivity index (χ3v) is 9.80. The summed E-state index contributed by atoms with van der Waals surface area (Å²) in [6.07, 6.45) is 0. The summed E-state index contributed by atoms with van der Waals surface area (Å²) in [6.45, 7) is 0. The number of para-hydroxylation sites is 1. The van der Waals surface area contributed by atoms with Gasteiger partial charge in [0.05, 0.1) is 22.2 Å². The molecule has 0 atom stereocenters. The highest BCUT2D eigenvalue weighted by molar-refractivity contribution is 6.28. The molecule has 10 rings (SSSR count). The molecular weight excluding hydrogens is 595 g/mol. The van der Waals surface area contributed by atoms with Gasteiger partial charge in [-0.05, 0) is 68.1 Å². The van der Waals surface area contributed by atoms with Crippen molar-refractivity contribution in [3.8, 4) is 39.5 Å². The normalized spacial score (nSPS) is 11.7. The summed E-state index contributed by atoms with van der Waals surface area (Å²) in [4.78, 5) is 10.6. The molecule has 0 N–H and O–H groups in total. The lowest BCUT2D eigenvalue weighted by molar-refractivity contribution is 1.01. The van der Waals surface area contributed by atoms with E-state index in [-0.39, 0.29) is 0 Å². The second-order valence-corrected chi connectivity index (χ2v) is 12.6.